The third-order valence-corrected chi connectivity index (χ3v) is 10.9. The second kappa shape index (κ2) is 26.4. The third kappa shape index (κ3) is 18.8. The molecule has 2 saturated heterocycles. The molecule has 4 unspecified atom stereocenters. The molecule has 47 heavy (non-hydrogen) atoms. The summed E-state index contributed by atoms with van der Waals surface area (Å²) in [5, 5.41) is 3.41. The number of nitrogen functional groups attached to an aromatic ring is 1. The SMILES string of the molecule is CCN(C)C.COS(=O)N1CCCC1.COS(=O)N1CCCCC1.COS(=O)c1c(N)noc1C.COS(=O)c1cc(C)ccc1C. The fourth-order valence-corrected chi connectivity index (χ4v) is 6.68. The Kier molecular flexibility index (Phi) is 25.6. The van der Waals surface area contributed by atoms with E-state index in [4.69, 9.17) is 9.92 Å². The maximum atomic E-state index is 11.3. The van der Waals surface area contributed by atoms with Gasteiger partial charge in [-0.15, -0.1) is 0 Å². The fraction of sp³-hybridized carbons (Fsp3) is 0.690. The lowest BCUT2D eigenvalue weighted by molar-refractivity contribution is 0.316. The number of aromatic nitrogens is 1. The second-order valence-corrected chi connectivity index (χ2v) is 15.3. The number of hydrogen-bond acceptors (Lipinski definition) is 12. The zero-order chi connectivity index (χ0) is 35.9. The van der Waals surface area contributed by atoms with Crippen molar-refractivity contribution in [2.24, 2.45) is 0 Å². The summed E-state index contributed by atoms with van der Waals surface area (Å²) in [7, 11) is 9.82. The minimum absolute atomic E-state index is 0.114. The maximum absolute atomic E-state index is 11.3. The summed E-state index contributed by atoms with van der Waals surface area (Å²) in [6.07, 6.45) is 5.85. The first-order valence-corrected chi connectivity index (χ1v) is 19.3. The number of nitrogens with zero attached hydrogens (tertiary/aromatic N) is 4. The lowest BCUT2D eigenvalue weighted by atomic mass is 10.2. The van der Waals surface area contributed by atoms with Crippen LogP contribution < -0.4 is 5.73 Å². The number of rotatable bonds is 9. The van der Waals surface area contributed by atoms with Crippen molar-refractivity contribution in [3.8, 4) is 0 Å². The van der Waals surface area contributed by atoms with Crippen LogP contribution >= 0.6 is 0 Å². The molecule has 18 heteroatoms. The molecule has 4 atom stereocenters. The highest BCUT2D eigenvalue weighted by Crippen LogP contribution is 2.19. The van der Waals surface area contributed by atoms with Crippen LogP contribution in [0.3, 0.4) is 0 Å². The minimum Gasteiger partial charge on any atom is -0.380 e. The second-order valence-electron chi connectivity index (χ2n) is 10.3. The van der Waals surface area contributed by atoms with Gasteiger partial charge in [-0.05, 0) is 84.3 Å². The average molecular weight is 746 g/mol. The van der Waals surface area contributed by atoms with Crippen molar-refractivity contribution in [3.05, 3.63) is 35.1 Å². The smallest absolute Gasteiger partial charge is 0.236 e. The number of hydrogen-bond donors (Lipinski definition) is 1. The highest BCUT2D eigenvalue weighted by Gasteiger charge is 2.18. The van der Waals surface area contributed by atoms with E-state index in [0.717, 1.165) is 74.4 Å². The third-order valence-electron chi connectivity index (χ3n) is 6.55. The van der Waals surface area contributed by atoms with Crippen molar-refractivity contribution in [1.29, 1.82) is 0 Å². The van der Waals surface area contributed by atoms with Crippen LogP contribution in [0.5, 0.6) is 0 Å². The molecule has 4 rings (SSSR count). The molecule has 3 heterocycles. The van der Waals surface area contributed by atoms with Gasteiger partial charge < -0.3 is 15.2 Å². The molecule has 2 aromatic rings. The van der Waals surface area contributed by atoms with E-state index in [1.807, 2.05) is 40.7 Å². The molecule has 0 aliphatic carbocycles. The monoisotopic (exact) mass is 745 g/mol. The van der Waals surface area contributed by atoms with E-state index in [1.165, 1.54) is 34.9 Å². The minimum atomic E-state index is -1.56. The van der Waals surface area contributed by atoms with E-state index in [1.54, 1.807) is 6.92 Å². The highest BCUT2D eigenvalue weighted by molar-refractivity contribution is 7.80. The number of aryl methyl sites for hydroxylation is 3. The number of piperidine rings is 1. The summed E-state index contributed by atoms with van der Waals surface area (Å²) in [5.74, 6) is 0.533. The normalized spacial score (nSPS) is 17.3. The van der Waals surface area contributed by atoms with Crippen LogP contribution in [0.2, 0.25) is 0 Å². The molecule has 0 spiro atoms. The lowest BCUT2D eigenvalue weighted by Gasteiger charge is -2.22. The van der Waals surface area contributed by atoms with Gasteiger partial charge in [0, 0.05) is 26.2 Å². The maximum Gasteiger partial charge on any atom is 0.236 e. The average Bonchev–Trinajstić information content (AvgIpc) is 3.75. The van der Waals surface area contributed by atoms with E-state index >= 15 is 0 Å². The molecule has 2 fully saturated rings. The van der Waals surface area contributed by atoms with Crippen molar-refractivity contribution < 1.29 is 38.1 Å². The van der Waals surface area contributed by atoms with Gasteiger partial charge in [0.25, 0.3) is 0 Å². The van der Waals surface area contributed by atoms with E-state index in [0.29, 0.717) is 10.7 Å². The summed E-state index contributed by atoms with van der Waals surface area (Å²) in [6, 6.07) is 5.82. The van der Waals surface area contributed by atoms with E-state index in [9.17, 15) is 16.8 Å². The van der Waals surface area contributed by atoms with E-state index in [-0.39, 0.29) is 5.82 Å². The van der Waals surface area contributed by atoms with Gasteiger partial charge in [0.15, 0.2) is 38.6 Å². The van der Waals surface area contributed by atoms with Crippen LogP contribution in [0, 0.1) is 20.8 Å². The Balaban J connectivity index is 0.000000575. The Bertz CT molecular complexity index is 1220. The Hall–Kier alpha value is -1.45. The van der Waals surface area contributed by atoms with Gasteiger partial charge in [-0.1, -0.05) is 30.6 Å². The predicted molar refractivity (Wildman–Crippen MR) is 189 cm³/mol. The predicted octanol–water partition coefficient (Wildman–Crippen LogP) is 3.78. The lowest BCUT2D eigenvalue weighted by Crippen LogP contribution is -2.31. The van der Waals surface area contributed by atoms with E-state index < -0.39 is 44.7 Å². The fourth-order valence-electron chi connectivity index (χ4n) is 3.71. The van der Waals surface area contributed by atoms with Crippen LogP contribution in [0.25, 0.3) is 0 Å². The Labute approximate surface area is 291 Å². The van der Waals surface area contributed by atoms with E-state index in [2.05, 4.69) is 48.1 Å². The molecule has 274 valence electrons. The molecule has 1 aromatic heterocycles. The molecule has 0 radical (unpaired) electrons. The largest absolute Gasteiger partial charge is 0.380 e. The Morgan fingerprint density at radius 1 is 0.787 bits per heavy atom. The molecule has 0 bridgehead atoms. The molecule has 1 aromatic carbocycles. The summed E-state index contributed by atoms with van der Waals surface area (Å²) in [4.78, 5) is 3.20. The Morgan fingerprint density at radius 3 is 1.60 bits per heavy atom. The van der Waals surface area contributed by atoms with Crippen LogP contribution in [0.1, 0.15) is 55.9 Å². The first kappa shape index (κ1) is 45.6. The number of nitrogens with two attached hydrogens (primary N) is 1. The summed E-state index contributed by atoms with van der Waals surface area (Å²) in [6.45, 7) is 12.4. The van der Waals surface area contributed by atoms with Gasteiger partial charge >= 0.3 is 0 Å². The zero-order valence-electron chi connectivity index (χ0n) is 29.5. The number of benzene rings is 1. The van der Waals surface area contributed by atoms with Gasteiger partial charge in [0.05, 0.1) is 33.3 Å². The summed E-state index contributed by atoms with van der Waals surface area (Å²) >= 11 is -5.22. The Morgan fingerprint density at radius 2 is 1.23 bits per heavy atom. The molecule has 2 N–H and O–H groups in total. The quantitative estimate of drug-likeness (QED) is 0.395. The molecule has 14 nitrogen and oxygen atoms in total. The van der Waals surface area contributed by atoms with Crippen molar-refractivity contribution in [1.82, 2.24) is 18.7 Å². The van der Waals surface area contributed by atoms with Gasteiger partial charge in [0.1, 0.15) is 0 Å². The zero-order valence-corrected chi connectivity index (χ0v) is 32.7. The number of anilines is 1. The summed E-state index contributed by atoms with van der Waals surface area (Å²) in [5.41, 5.74) is 7.44. The molecule has 0 amide bonds. The van der Waals surface area contributed by atoms with Crippen LogP contribution in [-0.4, -0.2) is 111 Å². The summed E-state index contributed by atoms with van der Waals surface area (Å²) < 4.78 is 71.1. The first-order valence-electron chi connectivity index (χ1n) is 15.1. The first-order chi connectivity index (χ1) is 22.3. The van der Waals surface area contributed by atoms with Crippen LogP contribution in [0.4, 0.5) is 5.82 Å². The molecular formula is C29H55N5O9S4. The van der Waals surface area contributed by atoms with Crippen molar-refractivity contribution in [2.75, 3.05) is 81.0 Å². The van der Waals surface area contributed by atoms with Crippen molar-refractivity contribution in [3.63, 3.8) is 0 Å². The van der Waals surface area contributed by atoms with Crippen LogP contribution in [0.15, 0.2) is 32.5 Å². The van der Waals surface area contributed by atoms with Gasteiger partial charge in [-0.25, -0.2) is 25.4 Å². The van der Waals surface area contributed by atoms with Gasteiger partial charge in [-0.2, -0.15) is 0 Å². The topological polar surface area (TPSA) is 167 Å². The highest BCUT2D eigenvalue weighted by atomic mass is 32.2. The molecule has 2 aliphatic heterocycles. The van der Waals surface area contributed by atoms with Gasteiger partial charge in [0.2, 0.25) is 22.5 Å². The standard InChI is InChI=1S/C9H12O2S.C6H13NO2S.C5H8N2O3S.C5H11NO2S.C4H11N/c1-7-4-5-8(2)9(6-7)12(10)11-3;1-9-10(8)7-5-3-2-4-6-7;1-3-4(11(8)9-2)5(6)7-10-3;1-8-9(7)6-4-2-3-5-6;1-4-5(2)3/h4-6H,1-3H3;2-6H2,1H3;1-2H3,(H2,6,7);2-5H2,1H3;4H2,1-3H3. The van der Waals surface area contributed by atoms with Gasteiger partial charge in [-0.3, -0.25) is 16.7 Å². The van der Waals surface area contributed by atoms with Crippen molar-refractivity contribution in [2.45, 2.75) is 69.6 Å². The molecule has 0 saturated carbocycles. The van der Waals surface area contributed by atoms with Crippen LogP contribution in [-0.2, 0) is 61.4 Å². The molecular weight excluding hydrogens is 691 g/mol. The van der Waals surface area contributed by atoms with Crippen molar-refractivity contribution >= 4 is 50.5 Å². The molecule has 2 aliphatic rings.